The minimum absolute atomic E-state index is 0. The van der Waals surface area contributed by atoms with Crippen molar-refractivity contribution in [3.8, 4) is 45.3 Å². The molecule has 0 N–H and O–H groups in total. The smallest absolute Gasteiger partial charge is 0.295 e. The molecule has 3 aromatic carbocycles. The van der Waals surface area contributed by atoms with Gasteiger partial charge in [-0.1, -0.05) is 36.4 Å². The summed E-state index contributed by atoms with van der Waals surface area (Å²) >= 11 is 1.70. The van der Waals surface area contributed by atoms with Crippen molar-refractivity contribution in [3.63, 3.8) is 0 Å². The summed E-state index contributed by atoms with van der Waals surface area (Å²) in [4.78, 5) is 17.9. The van der Waals surface area contributed by atoms with E-state index in [9.17, 15) is 0 Å². The molecule has 0 unspecified atom stereocenters. The first-order valence-corrected chi connectivity index (χ1v) is 15.2. The van der Waals surface area contributed by atoms with Crippen LogP contribution in [-0.4, -0.2) is 19.9 Å². The minimum Gasteiger partial charge on any atom is -0.295 e. The van der Waals surface area contributed by atoms with Gasteiger partial charge in [0.25, 0.3) is 0 Å². The second-order valence-electron chi connectivity index (χ2n) is 9.59. The van der Waals surface area contributed by atoms with Gasteiger partial charge in [0.05, 0.1) is 22.8 Å². The van der Waals surface area contributed by atoms with Crippen molar-refractivity contribution < 1.29 is 42.1 Å². The molecular formula is C40H26N4Pt2S. The van der Waals surface area contributed by atoms with Gasteiger partial charge in [-0.3, -0.25) is 48.8 Å². The Hall–Kier alpha value is -4.40. The van der Waals surface area contributed by atoms with Crippen molar-refractivity contribution in [2.75, 3.05) is 0 Å². The van der Waals surface area contributed by atoms with E-state index < -0.39 is 0 Å². The monoisotopic (exact) mass is 984 g/mol. The molecule has 232 valence electrons. The normalized spacial score (nSPS) is 9.79. The van der Waals surface area contributed by atoms with Crippen LogP contribution in [0.5, 0.6) is 0 Å². The van der Waals surface area contributed by atoms with Crippen molar-refractivity contribution in [2.24, 2.45) is 0 Å². The predicted octanol–water partition coefficient (Wildman–Crippen LogP) is 9.72. The Labute approximate surface area is 308 Å². The first-order chi connectivity index (χ1) is 22.3. The van der Waals surface area contributed by atoms with E-state index in [1.807, 2.05) is 139 Å². The van der Waals surface area contributed by atoms with Gasteiger partial charge in [0.1, 0.15) is 0 Å². The van der Waals surface area contributed by atoms with Gasteiger partial charge in [0.2, 0.25) is 0 Å². The number of aromatic nitrogens is 4. The average Bonchev–Trinajstić information content (AvgIpc) is 3.63. The van der Waals surface area contributed by atoms with E-state index >= 15 is 0 Å². The summed E-state index contributed by atoms with van der Waals surface area (Å²) in [5.74, 6) is 0. The van der Waals surface area contributed by atoms with Crippen LogP contribution in [0.25, 0.3) is 55.4 Å². The summed E-state index contributed by atoms with van der Waals surface area (Å²) in [6, 6.07) is 57.7. The van der Waals surface area contributed by atoms with Gasteiger partial charge in [0, 0.05) is 12.4 Å². The zero-order valence-electron chi connectivity index (χ0n) is 24.8. The number of nitrogens with zero attached hydrogens (tertiary/aromatic N) is 4. The summed E-state index contributed by atoms with van der Waals surface area (Å²) in [6.07, 6.45) is 3.55. The minimum atomic E-state index is 0. The fourth-order valence-corrected chi connectivity index (χ4v) is 5.07. The van der Waals surface area contributed by atoms with E-state index in [0.29, 0.717) is 0 Å². The second kappa shape index (κ2) is 18.7. The van der Waals surface area contributed by atoms with Crippen LogP contribution >= 0.6 is 11.3 Å². The second-order valence-corrected chi connectivity index (χ2v) is 10.5. The maximum absolute atomic E-state index is 4.62. The molecule has 0 aliphatic heterocycles. The van der Waals surface area contributed by atoms with Crippen LogP contribution in [0, 0.1) is 24.3 Å². The van der Waals surface area contributed by atoms with E-state index in [1.165, 1.54) is 4.70 Å². The van der Waals surface area contributed by atoms with Crippen LogP contribution < -0.4 is 0 Å². The molecule has 8 rings (SSSR count). The maximum Gasteiger partial charge on any atom is 2.00 e. The summed E-state index contributed by atoms with van der Waals surface area (Å²) in [5, 5.41) is 3.06. The zero-order chi connectivity index (χ0) is 30.5. The number of benzene rings is 3. The first kappa shape index (κ1) is 35.5. The molecule has 4 nitrogen and oxygen atoms in total. The molecule has 0 fully saturated rings. The molecule has 0 saturated carbocycles. The van der Waals surface area contributed by atoms with Crippen molar-refractivity contribution in [2.45, 2.75) is 0 Å². The third-order valence-corrected chi connectivity index (χ3v) is 7.36. The van der Waals surface area contributed by atoms with Crippen LogP contribution in [0.3, 0.4) is 0 Å². The van der Waals surface area contributed by atoms with Gasteiger partial charge in [-0.05, 0) is 47.8 Å². The molecule has 7 heteroatoms. The van der Waals surface area contributed by atoms with Crippen molar-refractivity contribution in [1.29, 1.82) is 0 Å². The Morgan fingerprint density at radius 2 is 0.894 bits per heavy atom. The molecule has 0 saturated heterocycles. The number of rotatable bonds is 4. The predicted molar refractivity (Wildman–Crippen MR) is 183 cm³/mol. The van der Waals surface area contributed by atoms with Crippen molar-refractivity contribution >= 4 is 21.4 Å². The van der Waals surface area contributed by atoms with Gasteiger partial charge in [-0.25, -0.2) is 18.2 Å². The van der Waals surface area contributed by atoms with Crippen LogP contribution in [0.15, 0.2) is 157 Å². The fourth-order valence-electron chi connectivity index (χ4n) is 4.37. The van der Waals surface area contributed by atoms with E-state index in [1.54, 1.807) is 23.7 Å². The van der Waals surface area contributed by atoms with Crippen LogP contribution in [0.2, 0.25) is 0 Å². The maximum atomic E-state index is 4.62. The fraction of sp³-hybridized carbons (Fsp3) is 0. The molecule has 0 bridgehead atoms. The molecule has 0 radical (unpaired) electrons. The number of thiophene rings is 1. The third kappa shape index (κ3) is 10.0. The molecule has 0 amide bonds. The molecule has 0 atom stereocenters. The van der Waals surface area contributed by atoms with Crippen molar-refractivity contribution in [1.82, 2.24) is 19.9 Å². The van der Waals surface area contributed by atoms with Gasteiger partial charge >= 0.3 is 42.1 Å². The van der Waals surface area contributed by atoms with E-state index in [2.05, 4.69) is 50.3 Å². The zero-order valence-corrected chi connectivity index (χ0v) is 30.2. The van der Waals surface area contributed by atoms with Crippen molar-refractivity contribution in [3.05, 3.63) is 182 Å². The number of fused-ring (bicyclic) bond motifs is 1. The van der Waals surface area contributed by atoms with Gasteiger partial charge in [-0.2, -0.15) is 4.70 Å². The quantitative estimate of drug-likeness (QED) is 0.165. The van der Waals surface area contributed by atoms with E-state index in [4.69, 9.17) is 0 Å². The van der Waals surface area contributed by atoms with E-state index in [-0.39, 0.29) is 42.1 Å². The molecule has 5 heterocycles. The van der Waals surface area contributed by atoms with Gasteiger partial charge in [0.15, 0.2) is 0 Å². The molecule has 8 aromatic rings. The van der Waals surface area contributed by atoms with E-state index in [0.717, 1.165) is 50.7 Å². The molecule has 0 spiro atoms. The Kier molecular flexibility index (Phi) is 14.1. The molecule has 5 aromatic heterocycles. The third-order valence-electron chi connectivity index (χ3n) is 6.53. The number of hydrogen-bond acceptors (Lipinski definition) is 5. The van der Waals surface area contributed by atoms with Gasteiger partial charge in [-0.15, -0.1) is 77.2 Å². The Bertz CT molecular complexity index is 1800. The Morgan fingerprint density at radius 3 is 1.36 bits per heavy atom. The Balaban J connectivity index is 0.000000164. The van der Waals surface area contributed by atoms with Crippen LogP contribution in [0.1, 0.15) is 0 Å². The number of pyridine rings is 4. The summed E-state index contributed by atoms with van der Waals surface area (Å²) in [6.45, 7) is 0. The first-order valence-electron chi connectivity index (χ1n) is 14.3. The standard InChI is InChI=1S/2C16H11N2.C8H4S.2Pt/c2*1-2-7-13(8-3-1)14-10-6-11-16(18-14)15-9-4-5-12-17-15;1-2-4-8-7(3-1)5-6-9-8;;/h2*1-7,9-12H;1-2,4,6H;;/q2*-1;-2;2*+2. The number of hydrogen-bond donors (Lipinski definition) is 0. The summed E-state index contributed by atoms with van der Waals surface area (Å²) in [7, 11) is 0. The summed E-state index contributed by atoms with van der Waals surface area (Å²) in [5.41, 5.74) is 7.35. The van der Waals surface area contributed by atoms with Gasteiger partial charge < -0.3 is 0 Å². The molecule has 47 heavy (non-hydrogen) atoms. The SMILES string of the molecule is [Pt+2].[Pt+2].[c-]1cccc2sc[c-]c12.[c-]1ccccc1-c1cccc(-c2ccccn2)n1.[c-]1ccccc1-c1cccc(-c2ccccn2)n1. The average molecular weight is 985 g/mol. The topological polar surface area (TPSA) is 51.6 Å². The Morgan fingerprint density at radius 1 is 0.404 bits per heavy atom. The summed E-state index contributed by atoms with van der Waals surface area (Å²) < 4.78 is 1.26. The van der Waals surface area contributed by atoms with Crippen LogP contribution in [0.4, 0.5) is 0 Å². The van der Waals surface area contributed by atoms with Crippen LogP contribution in [-0.2, 0) is 42.1 Å². The molecule has 0 aliphatic rings. The molecular weight excluding hydrogens is 959 g/mol. The largest absolute Gasteiger partial charge is 2.00 e. The molecule has 0 aliphatic carbocycles.